The van der Waals surface area contributed by atoms with Crippen molar-refractivity contribution in [1.29, 1.82) is 0 Å². The van der Waals surface area contributed by atoms with E-state index in [0.29, 0.717) is 24.8 Å². The molecular weight excluding hydrogens is 314 g/mol. The molecule has 0 radical (unpaired) electrons. The number of hydrogen-bond donors (Lipinski definition) is 2. The fourth-order valence-electron chi connectivity index (χ4n) is 4.05. The van der Waals surface area contributed by atoms with Gasteiger partial charge in [0, 0.05) is 37.4 Å². The number of pyridine rings is 1. The van der Waals surface area contributed by atoms with Crippen molar-refractivity contribution in [3.05, 3.63) is 18.0 Å². The van der Waals surface area contributed by atoms with Crippen LogP contribution in [0.3, 0.4) is 0 Å². The Morgan fingerprint density at radius 2 is 2.12 bits per heavy atom. The van der Waals surface area contributed by atoms with Crippen LogP contribution in [0, 0.1) is 5.92 Å². The fraction of sp³-hybridized carbons (Fsp3) is 0.632. The second-order valence-electron chi connectivity index (χ2n) is 7.64. The molecule has 134 valence electrons. The number of H-pyrrole nitrogens is 1. The third-order valence-corrected chi connectivity index (χ3v) is 5.49. The molecule has 2 aromatic heterocycles. The Labute approximate surface area is 148 Å². The number of carbonyl (C=O) groups is 1. The van der Waals surface area contributed by atoms with Crippen LogP contribution < -0.4 is 5.32 Å². The van der Waals surface area contributed by atoms with E-state index < -0.39 is 0 Å². The van der Waals surface area contributed by atoms with Crippen LogP contribution in [0.2, 0.25) is 0 Å². The number of hydrogen-bond acceptors (Lipinski definition) is 4. The number of rotatable bonds is 5. The van der Waals surface area contributed by atoms with E-state index in [1.807, 2.05) is 17.2 Å². The molecule has 1 saturated heterocycles. The molecular formula is C19H27N5O. The second kappa shape index (κ2) is 7.02. The number of amides is 1. The number of aryl methyl sites for hydroxylation is 1. The van der Waals surface area contributed by atoms with Crippen molar-refractivity contribution in [2.24, 2.45) is 5.92 Å². The number of aromatic amines is 1. The van der Waals surface area contributed by atoms with Crippen molar-refractivity contribution in [1.82, 2.24) is 20.1 Å². The normalized spacial score (nSPS) is 19.2. The first-order valence-electron chi connectivity index (χ1n) is 9.57. The number of anilines is 1. The van der Waals surface area contributed by atoms with Crippen LogP contribution in [0.1, 0.15) is 51.1 Å². The SMILES string of the molecule is CC1CN(C(=O)CCc2[nH]nc3ccnc(NC4CCCCC4)c23)C1. The van der Waals surface area contributed by atoms with Gasteiger partial charge in [-0.25, -0.2) is 4.98 Å². The van der Waals surface area contributed by atoms with Gasteiger partial charge in [0.25, 0.3) is 0 Å². The summed E-state index contributed by atoms with van der Waals surface area (Å²) in [6, 6.07) is 2.43. The van der Waals surface area contributed by atoms with Crippen molar-refractivity contribution in [2.45, 2.75) is 57.9 Å². The summed E-state index contributed by atoms with van der Waals surface area (Å²) in [4.78, 5) is 18.8. The minimum Gasteiger partial charge on any atom is -0.367 e. The molecule has 1 saturated carbocycles. The van der Waals surface area contributed by atoms with E-state index in [2.05, 4.69) is 27.4 Å². The molecule has 2 N–H and O–H groups in total. The lowest BCUT2D eigenvalue weighted by Gasteiger charge is -2.37. The van der Waals surface area contributed by atoms with Gasteiger partial charge in [-0.1, -0.05) is 26.2 Å². The van der Waals surface area contributed by atoms with Crippen LogP contribution in [0.4, 0.5) is 5.82 Å². The van der Waals surface area contributed by atoms with Gasteiger partial charge in [-0.15, -0.1) is 0 Å². The summed E-state index contributed by atoms with van der Waals surface area (Å²) >= 11 is 0. The number of carbonyl (C=O) groups excluding carboxylic acids is 1. The molecule has 2 fully saturated rings. The molecule has 4 rings (SSSR count). The first kappa shape index (κ1) is 16.4. The van der Waals surface area contributed by atoms with E-state index in [4.69, 9.17) is 0 Å². The Hall–Kier alpha value is -2.11. The highest BCUT2D eigenvalue weighted by atomic mass is 16.2. The Bertz CT molecular complexity index is 743. The van der Waals surface area contributed by atoms with Gasteiger partial charge in [-0.05, 0) is 31.2 Å². The Kier molecular flexibility index (Phi) is 4.59. The van der Waals surface area contributed by atoms with Gasteiger partial charge in [0.1, 0.15) is 5.82 Å². The summed E-state index contributed by atoms with van der Waals surface area (Å²) < 4.78 is 0. The average molecular weight is 341 g/mol. The summed E-state index contributed by atoms with van der Waals surface area (Å²) in [6.07, 6.45) is 9.35. The number of nitrogens with zero attached hydrogens (tertiary/aromatic N) is 3. The Balaban J connectivity index is 1.48. The maximum absolute atomic E-state index is 12.3. The van der Waals surface area contributed by atoms with Crippen LogP contribution in [0.15, 0.2) is 12.3 Å². The van der Waals surface area contributed by atoms with Gasteiger partial charge in [0.15, 0.2) is 0 Å². The predicted octanol–water partition coefficient (Wildman–Crippen LogP) is 3.11. The molecule has 0 unspecified atom stereocenters. The van der Waals surface area contributed by atoms with E-state index >= 15 is 0 Å². The molecule has 2 aliphatic rings. The van der Waals surface area contributed by atoms with Gasteiger partial charge in [-0.2, -0.15) is 5.10 Å². The molecule has 1 amide bonds. The van der Waals surface area contributed by atoms with Gasteiger partial charge in [0.2, 0.25) is 5.91 Å². The molecule has 25 heavy (non-hydrogen) atoms. The first-order valence-corrected chi connectivity index (χ1v) is 9.57. The van der Waals surface area contributed by atoms with Crippen molar-refractivity contribution >= 4 is 22.6 Å². The smallest absolute Gasteiger partial charge is 0.222 e. The summed E-state index contributed by atoms with van der Waals surface area (Å²) in [6.45, 7) is 3.98. The monoisotopic (exact) mass is 341 g/mol. The zero-order valence-corrected chi connectivity index (χ0v) is 14.9. The predicted molar refractivity (Wildman–Crippen MR) is 98.4 cm³/mol. The maximum Gasteiger partial charge on any atom is 0.222 e. The number of likely N-dealkylation sites (tertiary alicyclic amines) is 1. The third-order valence-electron chi connectivity index (χ3n) is 5.49. The van der Waals surface area contributed by atoms with Gasteiger partial charge < -0.3 is 10.2 Å². The average Bonchev–Trinajstić information content (AvgIpc) is 3.02. The lowest BCUT2D eigenvalue weighted by atomic mass is 9.95. The molecule has 6 heteroatoms. The quantitative estimate of drug-likeness (QED) is 0.876. The van der Waals surface area contributed by atoms with E-state index in [0.717, 1.165) is 35.5 Å². The summed E-state index contributed by atoms with van der Waals surface area (Å²) in [5, 5.41) is 12.2. The molecule has 0 bridgehead atoms. The molecule has 6 nitrogen and oxygen atoms in total. The molecule has 0 spiro atoms. The van der Waals surface area contributed by atoms with Crippen LogP contribution in [0.5, 0.6) is 0 Å². The van der Waals surface area contributed by atoms with E-state index in [-0.39, 0.29) is 5.91 Å². The van der Waals surface area contributed by atoms with E-state index in [9.17, 15) is 4.79 Å². The van der Waals surface area contributed by atoms with Gasteiger partial charge >= 0.3 is 0 Å². The van der Waals surface area contributed by atoms with Crippen molar-refractivity contribution in [2.75, 3.05) is 18.4 Å². The van der Waals surface area contributed by atoms with Gasteiger partial charge in [-0.3, -0.25) is 9.89 Å². The third kappa shape index (κ3) is 3.48. The molecule has 2 aromatic rings. The minimum absolute atomic E-state index is 0.242. The topological polar surface area (TPSA) is 73.9 Å². The maximum atomic E-state index is 12.3. The zero-order chi connectivity index (χ0) is 17.2. The molecule has 0 atom stereocenters. The first-order chi connectivity index (χ1) is 12.2. The van der Waals surface area contributed by atoms with E-state index in [1.165, 1.54) is 32.1 Å². The molecule has 3 heterocycles. The molecule has 1 aliphatic carbocycles. The minimum atomic E-state index is 0.242. The summed E-state index contributed by atoms with van der Waals surface area (Å²) in [5.74, 6) is 1.80. The fourth-order valence-corrected chi connectivity index (χ4v) is 4.05. The van der Waals surface area contributed by atoms with Gasteiger partial charge in [0.05, 0.1) is 10.9 Å². The largest absolute Gasteiger partial charge is 0.367 e. The summed E-state index contributed by atoms with van der Waals surface area (Å²) in [5.41, 5.74) is 1.94. The highest BCUT2D eigenvalue weighted by Crippen LogP contribution is 2.28. The number of nitrogens with one attached hydrogen (secondary N) is 2. The highest BCUT2D eigenvalue weighted by Gasteiger charge is 2.27. The highest BCUT2D eigenvalue weighted by molar-refractivity contribution is 5.92. The Morgan fingerprint density at radius 3 is 2.88 bits per heavy atom. The van der Waals surface area contributed by atoms with Crippen molar-refractivity contribution in [3.8, 4) is 0 Å². The van der Waals surface area contributed by atoms with Crippen LogP contribution >= 0.6 is 0 Å². The second-order valence-corrected chi connectivity index (χ2v) is 7.64. The lowest BCUT2D eigenvalue weighted by Crippen LogP contribution is -2.48. The standard InChI is InChI=1S/C19H27N5O/c1-13-11-24(12-13)17(25)8-7-15-18-16(23-22-15)9-10-20-19(18)21-14-5-3-2-4-6-14/h9-10,13-14H,2-8,11-12H2,1H3,(H,20,21)(H,22,23). The van der Waals surface area contributed by atoms with Crippen LogP contribution in [-0.2, 0) is 11.2 Å². The summed E-state index contributed by atoms with van der Waals surface area (Å²) in [7, 11) is 0. The Morgan fingerprint density at radius 1 is 1.32 bits per heavy atom. The van der Waals surface area contributed by atoms with Crippen LogP contribution in [-0.4, -0.2) is 45.1 Å². The molecule has 0 aromatic carbocycles. The number of aromatic nitrogens is 3. The number of fused-ring (bicyclic) bond motifs is 1. The van der Waals surface area contributed by atoms with Crippen molar-refractivity contribution < 1.29 is 4.79 Å². The zero-order valence-electron chi connectivity index (χ0n) is 14.9. The molecule has 1 aliphatic heterocycles. The van der Waals surface area contributed by atoms with Crippen LogP contribution in [0.25, 0.3) is 10.9 Å². The van der Waals surface area contributed by atoms with E-state index in [1.54, 1.807) is 0 Å². The van der Waals surface area contributed by atoms with Crippen molar-refractivity contribution in [3.63, 3.8) is 0 Å². The lowest BCUT2D eigenvalue weighted by molar-refractivity contribution is -0.137.